The average Bonchev–Trinajstić information content (AvgIpc) is 3.28. The van der Waals surface area contributed by atoms with Crippen molar-refractivity contribution in [3.8, 4) is 0 Å². The standard InChI is InChI=1S/C27H36N2O/c1-25-13-10-19(30)16-18(25)8-9-20-21(25)11-14-26(2)22(20)12-15-27(26,3)29-17-28-23-6-4-5-7-24(23)29/h4-8,17,19-22,30H,9-16H2,1-3H3/t19-,20?,21?,22?,25-,26-,27?/m0/s1. The molecule has 1 aromatic carbocycles. The molecule has 0 radical (unpaired) electrons. The first kappa shape index (κ1) is 19.1. The molecule has 1 heterocycles. The molecular formula is C27H36N2O. The molecule has 4 unspecified atom stereocenters. The van der Waals surface area contributed by atoms with Gasteiger partial charge < -0.3 is 9.67 Å². The summed E-state index contributed by atoms with van der Waals surface area (Å²) in [5.41, 5.74) is 4.76. The van der Waals surface area contributed by atoms with Crippen LogP contribution in [0, 0.1) is 28.6 Å². The lowest BCUT2D eigenvalue weighted by atomic mass is 9.46. The molecule has 3 saturated carbocycles. The quantitative estimate of drug-likeness (QED) is 0.585. The predicted molar refractivity (Wildman–Crippen MR) is 121 cm³/mol. The van der Waals surface area contributed by atoms with Crippen molar-refractivity contribution in [1.29, 1.82) is 0 Å². The topological polar surface area (TPSA) is 38.0 Å². The van der Waals surface area contributed by atoms with Crippen molar-refractivity contribution in [3.05, 3.63) is 42.2 Å². The number of allylic oxidation sites excluding steroid dienone is 1. The summed E-state index contributed by atoms with van der Waals surface area (Å²) in [6.07, 6.45) is 14.1. The molecule has 3 nitrogen and oxygen atoms in total. The third kappa shape index (κ3) is 2.28. The van der Waals surface area contributed by atoms with Gasteiger partial charge in [-0.1, -0.05) is 37.6 Å². The summed E-state index contributed by atoms with van der Waals surface area (Å²) in [6.45, 7) is 7.65. The third-order valence-electron chi connectivity index (χ3n) is 10.6. The van der Waals surface area contributed by atoms with E-state index in [1.54, 1.807) is 5.57 Å². The number of aliphatic hydroxyl groups excluding tert-OH is 1. The third-order valence-corrected chi connectivity index (χ3v) is 10.6. The second-order valence-electron chi connectivity index (χ2n) is 11.5. The van der Waals surface area contributed by atoms with Crippen LogP contribution in [0.5, 0.6) is 0 Å². The summed E-state index contributed by atoms with van der Waals surface area (Å²) in [4.78, 5) is 4.76. The summed E-state index contributed by atoms with van der Waals surface area (Å²) >= 11 is 0. The fourth-order valence-electron chi connectivity index (χ4n) is 8.63. The van der Waals surface area contributed by atoms with Crippen molar-refractivity contribution in [2.24, 2.45) is 28.6 Å². The second-order valence-corrected chi connectivity index (χ2v) is 11.5. The first-order chi connectivity index (χ1) is 14.4. The van der Waals surface area contributed by atoms with Crippen LogP contribution in [0.2, 0.25) is 0 Å². The molecule has 0 bridgehead atoms. The average molecular weight is 405 g/mol. The van der Waals surface area contributed by atoms with Gasteiger partial charge in [0, 0.05) is 5.54 Å². The Balaban J connectivity index is 1.39. The van der Waals surface area contributed by atoms with Gasteiger partial charge in [-0.2, -0.15) is 0 Å². The predicted octanol–water partition coefficient (Wildman–Crippen LogP) is 6.08. The molecule has 160 valence electrons. The zero-order valence-corrected chi connectivity index (χ0v) is 18.8. The van der Waals surface area contributed by atoms with Crippen LogP contribution in [0.3, 0.4) is 0 Å². The number of benzene rings is 1. The fourth-order valence-corrected chi connectivity index (χ4v) is 8.63. The van der Waals surface area contributed by atoms with E-state index < -0.39 is 0 Å². The lowest BCUT2D eigenvalue weighted by Gasteiger charge is -2.59. The number of fused-ring (bicyclic) bond motifs is 6. The normalized spacial score (nSPS) is 45.5. The molecule has 6 rings (SSSR count). The van der Waals surface area contributed by atoms with E-state index in [1.165, 1.54) is 44.0 Å². The summed E-state index contributed by atoms with van der Waals surface area (Å²) in [6, 6.07) is 8.65. The monoisotopic (exact) mass is 404 g/mol. The highest BCUT2D eigenvalue weighted by Gasteiger charge is 2.63. The Labute approximate surface area is 180 Å². The first-order valence-corrected chi connectivity index (χ1v) is 12.2. The van der Waals surface area contributed by atoms with Gasteiger partial charge in [0.1, 0.15) is 0 Å². The number of imidazole rings is 1. The maximum absolute atomic E-state index is 10.3. The molecule has 4 aliphatic carbocycles. The zero-order chi connectivity index (χ0) is 20.7. The Morgan fingerprint density at radius 1 is 1.00 bits per heavy atom. The lowest BCUT2D eigenvalue weighted by molar-refractivity contribution is -0.0674. The van der Waals surface area contributed by atoms with Gasteiger partial charge in [-0.15, -0.1) is 0 Å². The molecule has 2 aromatic rings. The van der Waals surface area contributed by atoms with Crippen molar-refractivity contribution in [2.45, 2.75) is 83.8 Å². The van der Waals surface area contributed by atoms with Crippen LogP contribution in [-0.4, -0.2) is 20.8 Å². The first-order valence-electron chi connectivity index (χ1n) is 12.2. The molecule has 0 amide bonds. The maximum atomic E-state index is 10.3. The van der Waals surface area contributed by atoms with Crippen LogP contribution in [0.15, 0.2) is 42.2 Å². The number of hydrogen-bond acceptors (Lipinski definition) is 2. The number of aliphatic hydroxyl groups is 1. The molecule has 0 aliphatic heterocycles. The van der Waals surface area contributed by atoms with E-state index >= 15 is 0 Å². The summed E-state index contributed by atoms with van der Waals surface area (Å²) in [5.74, 6) is 2.37. The van der Waals surface area contributed by atoms with Gasteiger partial charge >= 0.3 is 0 Å². The highest BCUT2D eigenvalue weighted by atomic mass is 16.3. The molecule has 3 heteroatoms. The minimum atomic E-state index is -0.112. The van der Waals surface area contributed by atoms with Gasteiger partial charge in [0.25, 0.3) is 0 Å². The minimum Gasteiger partial charge on any atom is -0.393 e. The lowest BCUT2D eigenvalue weighted by Crippen LogP contribution is -2.54. The van der Waals surface area contributed by atoms with Gasteiger partial charge in [-0.05, 0) is 99.0 Å². The van der Waals surface area contributed by atoms with E-state index in [4.69, 9.17) is 4.98 Å². The van der Waals surface area contributed by atoms with Gasteiger partial charge in [-0.25, -0.2) is 4.98 Å². The molecule has 0 saturated heterocycles. The smallest absolute Gasteiger partial charge is 0.0963 e. The largest absolute Gasteiger partial charge is 0.393 e. The molecule has 1 aromatic heterocycles. The van der Waals surface area contributed by atoms with Crippen LogP contribution in [0.4, 0.5) is 0 Å². The summed E-state index contributed by atoms with van der Waals surface area (Å²) in [5, 5.41) is 10.3. The Morgan fingerprint density at radius 2 is 1.80 bits per heavy atom. The van der Waals surface area contributed by atoms with E-state index in [9.17, 15) is 5.11 Å². The van der Waals surface area contributed by atoms with Gasteiger partial charge in [-0.3, -0.25) is 0 Å². The molecule has 3 fully saturated rings. The molecule has 30 heavy (non-hydrogen) atoms. The van der Waals surface area contributed by atoms with Crippen molar-refractivity contribution in [2.75, 3.05) is 0 Å². The van der Waals surface area contributed by atoms with Crippen LogP contribution in [0.25, 0.3) is 11.0 Å². The summed E-state index contributed by atoms with van der Waals surface area (Å²) < 4.78 is 2.53. The Kier molecular flexibility index (Phi) is 3.96. The van der Waals surface area contributed by atoms with Crippen molar-refractivity contribution in [3.63, 3.8) is 0 Å². The van der Waals surface area contributed by atoms with Crippen molar-refractivity contribution in [1.82, 2.24) is 9.55 Å². The highest BCUT2D eigenvalue weighted by Crippen LogP contribution is 2.68. The zero-order valence-electron chi connectivity index (χ0n) is 18.8. The van der Waals surface area contributed by atoms with Crippen LogP contribution < -0.4 is 0 Å². The Morgan fingerprint density at radius 3 is 2.67 bits per heavy atom. The number of nitrogens with zero attached hydrogens (tertiary/aromatic N) is 2. The molecule has 1 N–H and O–H groups in total. The second kappa shape index (κ2) is 6.22. The Bertz CT molecular complexity index is 1020. The SMILES string of the molecule is CC1(n2cnc3ccccc32)CCC2C3CC=C4C[C@@H](O)CC[C@]4(C)C3CC[C@@]21C. The number of aromatic nitrogens is 2. The Hall–Kier alpha value is -1.61. The van der Waals surface area contributed by atoms with Crippen LogP contribution in [-0.2, 0) is 5.54 Å². The van der Waals surface area contributed by atoms with Gasteiger partial charge in [0.05, 0.1) is 23.5 Å². The van der Waals surface area contributed by atoms with E-state index in [2.05, 4.69) is 62.0 Å². The molecule has 4 aliphatic rings. The van der Waals surface area contributed by atoms with E-state index in [1.807, 2.05) is 0 Å². The fraction of sp³-hybridized carbons (Fsp3) is 0.667. The summed E-state index contributed by atoms with van der Waals surface area (Å²) in [7, 11) is 0. The van der Waals surface area contributed by atoms with Crippen LogP contribution >= 0.6 is 0 Å². The van der Waals surface area contributed by atoms with Crippen molar-refractivity contribution < 1.29 is 5.11 Å². The van der Waals surface area contributed by atoms with E-state index in [-0.39, 0.29) is 11.6 Å². The number of hydrogen-bond donors (Lipinski definition) is 1. The van der Waals surface area contributed by atoms with E-state index in [0.717, 1.165) is 36.1 Å². The molecule has 7 atom stereocenters. The number of para-hydroxylation sites is 2. The maximum Gasteiger partial charge on any atom is 0.0963 e. The van der Waals surface area contributed by atoms with Crippen molar-refractivity contribution >= 4 is 11.0 Å². The minimum absolute atomic E-state index is 0.112. The molecule has 0 spiro atoms. The van der Waals surface area contributed by atoms with Crippen LogP contribution in [0.1, 0.15) is 72.1 Å². The van der Waals surface area contributed by atoms with E-state index in [0.29, 0.717) is 10.8 Å². The highest BCUT2D eigenvalue weighted by molar-refractivity contribution is 5.75. The molecular weight excluding hydrogens is 368 g/mol. The van der Waals surface area contributed by atoms with Gasteiger partial charge in [0.2, 0.25) is 0 Å². The number of rotatable bonds is 1. The van der Waals surface area contributed by atoms with Gasteiger partial charge in [0.15, 0.2) is 0 Å².